The second-order valence-electron chi connectivity index (χ2n) is 5.52. The van der Waals surface area contributed by atoms with E-state index in [4.69, 9.17) is 4.74 Å². The fourth-order valence-corrected chi connectivity index (χ4v) is 1.94. The zero-order chi connectivity index (χ0) is 17.5. The van der Waals surface area contributed by atoms with E-state index >= 15 is 0 Å². The standard InChI is InChI=1S/C19H20N2O3/c1-13(2)19(23)24-11-10-15-5-7-16(8-6-15)20-21-17-12-14(3)4-9-18(17)22/h4-9,12,22H,1,10-11H2,2-3H3/b21-20+. The van der Waals surface area contributed by atoms with Gasteiger partial charge in [-0.05, 0) is 49.2 Å². The Balaban J connectivity index is 1.94. The van der Waals surface area contributed by atoms with E-state index in [1.807, 2.05) is 37.3 Å². The first-order chi connectivity index (χ1) is 11.5. The Morgan fingerprint density at radius 2 is 1.88 bits per heavy atom. The van der Waals surface area contributed by atoms with Crippen LogP contribution in [0.4, 0.5) is 11.4 Å². The number of carbonyl (C=O) groups excluding carboxylic acids is 1. The molecule has 0 aromatic heterocycles. The van der Waals surface area contributed by atoms with Gasteiger partial charge in [-0.15, -0.1) is 5.11 Å². The van der Waals surface area contributed by atoms with Crippen LogP contribution in [0.5, 0.6) is 5.75 Å². The number of esters is 1. The summed E-state index contributed by atoms with van der Waals surface area (Å²) in [5, 5.41) is 17.9. The van der Waals surface area contributed by atoms with Gasteiger partial charge in [0.15, 0.2) is 0 Å². The summed E-state index contributed by atoms with van der Waals surface area (Å²) in [6, 6.07) is 12.6. The molecule has 0 atom stereocenters. The lowest BCUT2D eigenvalue weighted by atomic mass is 10.1. The van der Waals surface area contributed by atoms with Crippen LogP contribution in [0.15, 0.2) is 64.8 Å². The average Bonchev–Trinajstić information content (AvgIpc) is 2.56. The van der Waals surface area contributed by atoms with Gasteiger partial charge in [0.25, 0.3) is 0 Å². The Morgan fingerprint density at radius 3 is 2.54 bits per heavy atom. The third kappa shape index (κ3) is 5.05. The highest BCUT2D eigenvalue weighted by Gasteiger charge is 2.03. The maximum Gasteiger partial charge on any atom is 0.333 e. The van der Waals surface area contributed by atoms with Gasteiger partial charge >= 0.3 is 5.97 Å². The first kappa shape index (κ1) is 17.4. The molecule has 0 saturated carbocycles. The van der Waals surface area contributed by atoms with Crippen molar-refractivity contribution in [2.75, 3.05) is 6.61 Å². The fourth-order valence-electron chi connectivity index (χ4n) is 1.94. The molecule has 124 valence electrons. The quantitative estimate of drug-likeness (QED) is 0.472. The first-order valence-electron chi connectivity index (χ1n) is 7.58. The van der Waals surface area contributed by atoms with Crippen LogP contribution in [0.25, 0.3) is 0 Å². The molecule has 0 spiro atoms. The van der Waals surface area contributed by atoms with Gasteiger partial charge in [0, 0.05) is 12.0 Å². The molecule has 0 bridgehead atoms. The molecular weight excluding hydrogens is 304 g/mol. The smallest absolute Gasteiger partial charge is 0.333 e. The van der Waals surface area contributed by atoms with Crippen molar-refractivity contribution >= 4 is 17.3 Å². The molecule has 5 heteroatoms. The van der Waals surface area contributed by atoms with Crippen LogP contribution in [0.2, 0.25) is 0 Å². The van der Waals surface area contributed by atoms with Gasteiger partial charge in [0.05, 0.1) is 12.3 Å². The van der Waals surface area contributed by atoms with Crippen molar-refractivity contribution in [3.8, 4) is 5.75 Å². The number of aryl methyl sites for hydroxylation is 1. The lowest BCUT2D eigenvalue weighted by molar-refractivity contribution is -0.138. The number of hydrogen-bond acceptors (Lipinski definition) is 5. The van der Waals surface area contributed by atoms with Gasteiger partial charge in [-0.2, -0.15) is 5.11 Å². The lowest BCUT2D eigenvalue weighted by Crippen LogP contribution is -2.07. The Hall–Kier alpha value is -2.95. The van der Waals surface area contributed by atoms with Crippen molar-refractivity contribution < 1.29 is 14.6 Å². The first-order valence-corrected chi connectivity index (χ1v) is 7.58. The highest BCUT2D eigenvalue weighted by Crippen LogP contribution is 2.28. The number of hydrogen-bond donors (Lipinski definition) is 1. The molecular formula is C19H20N2O3. The molecule has 5 nitrogen and oxygen atoms in total. The van der Waals surface area contributed by atoms with Crippen molar-refractivity contribution in [3.05, 3.63) is 65.7 Å². The fraction of sp³-hybridized carbons (Fsp3) is 0.211. The highest BCUT2D eigenvalue weighted by molar-refractivity contribution is 5.86. The van der Waals surface area contributed by atoms with Gasteiger partial charge in [-0.25, -0.2) is 4.79 Å². The van der Waals surface area contributed by atoms with Crippen LogP contribution in [-0.4, -0.2) is 17.7 Å². The van der Waals surface area contributed by atoms with Crippen molar-refractivity contribution in [1.29, 1.82) is 0 Å². The SMILES string of the molecule is C=C(C)C(=O)OCCc1ccc(/N=N/c2cc(C)ccc2O)cc1. The summed E-state index contributed by atoms with van der Waals surface area (Å²) in [5.41, 5.74) is 3.54. The molecule has 2 aromatic carbocycles. The number of phenols is 1. The number of benzene rings is 2. The van der Waals surface area contributed by atoms with E-state index in [9.17, 15) is 9.90 Å². The lowest BCUT2D eigenvalue weighted by Gasteiger charge is -2.04. The highest BCUT2D eigenvalue weighted by atomic mass is 16.5. The Labute approximate surface area is 141 Å². The number of azo groups is 1. The van der Waals surface area contributed by atoms with Crippen LogP contribution >= 0.6 is 0 Å². The Morgan fingerprint density at radius 1 is 1.17 bits per heavy atom. The molecule has 0 heterocycles. The molecule has 24 heavy (non-hydrogen) atoms. The summed E-state index contributed by atoms with van der Waals surface area (Å²) in [6.07, 6.45) is 0.620. The average molecular weight is 324 g/mol. The molecule has 0 aliphatic rings. The summed E-state index contributed by atoms with van der Waals surface area (Å²) in [7, 11) is 0. The van der Waals surface area contributed by atoms with Gasteiger partial charge in [-0.3, -0.25) is 0 Å². The predicted octanol–water partition coefficient (Wildman–Crippen LogP) is 4.78. The maximum atomic E-state index is 11.3. The number of carbonyl (C=O) groups is 1. The summed E-state index contributed by atoms with van der Waals surface area (Å²) >= 11 is 0. The van der Waals surface area contributed by atoms with E-state index in [2.05, 4.69) is 16.8 Å². The van der Waals surface area contributed by atoms with Gasteiger partial charge in [0.2, 0.25) is 0 Å². The van der Waals surface area contributed by atoms with Crippen molar-refractivity contribution in [3.63, 3.8) is 0 Å². The van der Waals surface area contributed by atoms with E-state index in [0.717, 1.165) is 11.1 Å². The third-order valence-electron chi connectivity index (χ3n) is 3.31. The number of aromatic hydroxyl groups is 1. The molecule has 0 radical (unpaired) electrons. The van der Waals surface area contributed by atoms with Crippen LogP contribution < -0.4 is 0 Å². The molecule has 2 aromatic rings. The predicted molar refractivity (Wildman–Crippen MR) is 92.9 cm³/mol. The van der Waals surface area contributed by atoms with Crippen LogP contribution in [0, 0.1) is 6.92 Å². The van der Waals surface area contributed by atoms with Gasteiger partial charge < -0.3 is 9.84 Å². The summed E-state index contributed by atoms with van der Waals surface area (Å²) in [5.74, 6) is -0.279. The van der Waals surface area contributed by atoms with Crippen LogP contribution in [0.1, 0.15) is 18.1 Å². The zero-order valence-corrected chi connectivity index (χ0v) is 13.8. The molecule has 1 N–H and O–H groups in total. The van der Waals surface area contributed by atoms with E-state index < -0.39 is 0 Å². The Kier molecular flexibility index (Phi) is 5.84. The molecule has 0 unspecified atom stereocenters. The molecule has 0 aliphatic heterocycles. The summed E-state index contributed by atoms with van der Waals surface area (Å²) < 4.78 is 5.06. The summed E-state index contributed by atoms with van der Waals surface area (Å²) in [6.45, 7) is 7.39. The normalized spacial score (nSPS) is 10.8. The topological polar surface area (TPSA) is 71.2 Å². The number of ether oxygens (including phenoxy) is 1. The van der Waals surface area contributed by atoms with E-state index in [0.29, 0.717) is 30.0 Å². The Bertz CT molecular complexity index is 765. The van der Waals surface area contributed by atoms with Crippen LogP contribution in [0.3, 0.4) is 0 Å². The van der Waals surface area contributed by atoms with E-state index in [-0.39, 0.29) is 11.7 Å². The number of phenolic OH excluding ortho intramolecular Hbond substituents is 1. The van der Waals surface area contributed by atoms with Gasteiger partial charge in [0.1, 0.15) is 11.4 Å². The molecule has 2 rings (SSSR count). The molecule has 0 fully saturated rings. The molecule has 0 aliphatic carbocycles. The minimum absolute atomic E-state index is 0.0975. The maximum absolute atomic E-state index is 11.3. The monoisotopic (exact) mass is 324 g/mol. The number of nitrogens with zero attached hydrogens (tertiary/aromatic N) is 2. The minimum Gasteiger partial charge on any atom is -0.506 e. The summed E-state index contributed by atoms with van der Waals surface area (Å²) in [4.78, 5) is 11.3. The van der Waals surface area contributed by atoms with Crippen molar-refractivity contribution in [2.24, 2.45) is 10.2 Å². The number of rotatable bonds is 6. The van der Waals surface area contributed by atoms with Crippen LogP contribution in [-0.2, 0) is 16.0 Å². The second kappa shape index (κ2) is 8.06. The molecule has 0 amide bonds. The third-order valence-corrected chi connectivity index (χ3v) is 3.31. The largest absolute Gasteiger partial charge is 0.506 e. The van der Waals surface area contributed by atoms with Crippen molar-refractivity contribution in [2.45, 2.75) is 20.3 Å². The minimum atomic E-state index is -0.376. The molecule has 0 saturated heterocycles. The van der Waals surface area contributed by atoms with E-state index in [1.165, 1.54) is 0 Å². The van der Waals surface area contributed by atoms with Gasteiger partial charge in [-0.1, -0.05) is 24.8 Å². The second-order valence-corrected chi connectivity index (χ2v) is 5.52. The van der Waals surface area contributed by atoms with Crippen molar-refractivity contribution in [1.82, 2.24) is 0 Å². The van der Waals surface area contributed by atoms with E-state index in [1.54, 1.807) is 19.1 Å². The zero-order valence-electron chi connectivity index (χ0n) is 13.8.